The summed E-state index contributed by atoms with van der Waals surface area (Å²) in [6, 6.07) is 13.1. The van der Waals surface area contributed by atoms with Crippen molar-refractivity contribution in [3.8, 4) is 11.5 Å². The Morgan fingerprint density at radius 3 is 2.33 bits per heavy atom. The van der Waals surface area contributed by atoms with E-state index in [9.17, 15) is 0 Å². The summed E-state index contributed by atoms with van der Waals surface area (Å²) < 4.78 is 26.3. The Morgan fingerprint density at radius 1 is 1.00 bits per heavy atom. The molecule has 2 aromatic rings. The zero-order valence-electron chi connectivity index (χ0n) is 14.1. The highest BCUT2D eigenvalue weighted by atomic mass is 19.1. The van der Waals surface area contributed by atoms with Crippen molar-refractivity contribution in [2.24, 2.45) is 5.73 Å². The van der Waals surface area contributed by atoms with Gasteiger partial charge in [-0.1, -0.05) is 49.6 Å². The molecule has 0 atom stereocenters. The fraction of sp³-hybridized carbons (Fsp3) is 0.400. The second-order valence-corrected chi connectivity index (χ2v) is 6.45. The number of nitrogens with two attached hydrogens (primary N) is 1. The largest absolute Gasteiger partial charge is 0.496 e. The predicted molar refractivity (Wildman–Crippen MR) is 92.7 cm³/mol. The highest BCUT2D eigenvalue weighted by molar-refractivity contribution is 5.46. The normalized spacial score (nSPS) is 16.6. The van der Waals surface area contributed by atoms with Gasteiger partial charge in [0.25, 0.3) is 0 Å². The van der Waals surface area contributed by atoms with E-state index in [2.05, 4.69) is 0 Å². The Balaban J connectivity index is 1.90. The standard InChI is InChI=1S/C20H24FNO2/c1-23-16-10-11-17(24-14-15-8-4-2-5-9-15)19(21)18(16)20(22)12-6-3-7-13-20/h2,4-5,8-11H,3,6-7,12-14,22H2,1H3. The van der Waals surface area contributed by atoms with Gasteiger partial charge in [0.1, 0.15) is 12.4 Å². The lowest BCUT2D eigenvalue weighted by atomic mass is 9.76. The third kappa shape index (κ3) is 3.39. The van der Waals surface area contributed by atoms with Crippen LogP contribution in [0.25, 0.3) is 0 Å². The maximum atomic E-state index is 15.2. The molecule has 2 aromatic carbocycles. The van der Waals surface area contributed by atoms with E-state index in [1.807, 2.05) is 30.3 Å². The van der Waals surface area contributed by atoms with Crippen LogP contribution in [0.2, 0.25) is 0 Å². The number of halogens is 1. The van der Waals surface area contributed by atoms with Crippen LogP contribution in [-0.4, -0.2) is 7.11 Å². The van der Waals surface area contributed by atoms with Gasteiger partial charge in [0.05, 0.1) is 12.7 Å². The van der Waals surface area contributed by atoms with Gasteiger partial charge in [-0.3, -0.25) is 0 Å². The summed E-state index contributed by atoms with van der Waals surface area (Å²) in [5, 5.41) is 0. The average molecular weight is 329 g/mol. The van der Waals surface area contributed by atoms with Crippen LogP contribution in [0.3, 0.4) is 0 Å². The highest BCUT2D eigenvalue weighted by Crippen LogP contribution is 2.43. The summed E-state index contributed by atoms with van der Waals surface area (Å²) in [5.74, 6) is 0.337. The van der Waals surface area contributed by atoms with E-state index in [-0.39, 0.29) is 5.75 Å². The summed E-state index contributed by atoms with van der Waals surface area (Å²) in [6.45, 7) is 0.321. The average Bonchev–Trinajstić information content (AvgIpc) is 2.61. The molecule has 3 rings (SSSR count). The zero-order chi connectivity index (χ0) is 17.0. The van der Waals surface area contributed by atoms with Gasteiger partial charge in [-0.15, -0.1) is 0 Å². The number of ether oxygens (including phenoxy) is 2. The monoisotopic (exact) mass is 329 g/mol. The molecule has 0 radical (unpaired) electrons. The molecule has 0 aliphatic heterocycles. The van der Waals surface area contributed by atoms with E-state index in [1.54, 1.807) is 19.2 Å². The summed E-state index contributed by atoms with van der Waals surface area (Å²) in [7, 11) is 1.55. The van der Waals surface area contributed by atoms with Gasteiger partial charge < -0.3 is 15.2 Å². The molecule has 3 nitrogen and oxygen atoms in total. The van der Waals surface area contributed by atoms with E-state index in [1.165, 1.54) is 0 Å². The quantitative estimate of drug-likeness (QED) is 0.876. The maximum absolute atomic E-state index is 15.2. The molecule has 0 spiro atoms. The van der Waals surface area contributed by atoms with Crippen molar-refractivity contribution in [3.05, 3.63) is 59.4 Å². The number of hydrogen-bond acceptors (Lipinski definition) is 3. The summed E-state index contributed by atoms with van der Waals surface area (Å²) in [6.07, 6.45) is 4.69. The van der Waals surface area contributed by atoms with Crippen LogP contribution in [0, 0.1) is 5.82 Å². The summed E-state index contributed by atoms with van der Waals surface area (Å²) >= 11 is 0. The van der Waals surface area contributed by atoms with Crippen molar-refractivity contribution in [1.29, 1.82) is 0 Å². The Labute approximate surface area is 142 Å². The van der Waals surface area contributed by atoms with E-state index in [4.69, 9.17) is 15.2 Å². The number of methoxy groups -OCH3 is 1. The molecule has 0 heterocycles. The van der Waals surface area contributed by atoms with Crippen LogP contribution in [-0.2, 0) is 12.1 Å². The smallest absolute Gasteiger partial charge is 0.173 e. The van der Waals surface area contributed by atoms with Gasteiger partial charge in [-0.2, -0.15) is 0 Å². The Kier molecular flexibility index (Phi) is 5.05. The van der Waals surface area contributed by atoms with Crippen molar-refractivity contribution < 1.29 is 13.9 Å². The highest BCUT2D eigenvalue weighted by Gasteiger charge is 2.36. The molecule has 0 bridgehead atoms. The SMILES string of the molecule is COc1ccc(OCc2ccccc2)c(F)c1C1(N)CCCCC1. The van der Waals surface area contributed by atoms with Crippen molar-refractivity contribution in [1.82, 2.24) is 0 Å². The fourth-order valence-electron chi connectivity index (χ4n) is 3.45. The van der Waals surface area contributed by atoms with Gasteiger partial charge in [0.2, 0.25) is 0 Å². The van der Waals surface area contributed by atoms with Crippen LogP contribution in [0.1, 0.15) is 43.2 Å². The lowest BCUT2D eigenvalue weighted by Gasteiger charge is -2.35. The summed E-state index contributed by atoms with van der Waals surface area (Å²) in [4.78, 5) is 0. The van der Waals surface area contributed by atoms with Gasteiger partial charge in [-0.05, 0) is 30.5 Å². The first-order valence-electron chi connectivity index (χ1n) is 8.46. The lowest BCUT2D eigenvalue weighted by molar-refractivity contribution is 0.260. The first-order valence-corrected chi connectivity index (χ1v) is 8.46. The molecule has 4 heteroatoms. The molecule has 1 fully saturated rings. The van der Waals surface area contributed by atoms with E-state index in [0.29, 0.717) is 17.9 Å². The second-order valence-electron chi connectivity index (χ2n) is 6.45. The lowest BCUT2D eigenvalue weighted by Crippen LogP contribution is -2.40. The predicted octanol–water partition coefficient (Wildman–Crippen LogP) is 4.53. The minimum atomic E-state index is -0.681. The van der Waals surface area contributed by atoms with Crippen molar-refractivity contribution in [2.75, 3.05) is 7.11 Å². The zero-order valence-corrected chi connectivity index (χ0v) is 14.1. The molecule has 1 saturated carbocycles. The fourth-order valence-corrected chi connectivity index (χ4v) is 3.45. The molecular weight excluding hydrogens is 305 g/mol. The van der Waals surface area contributed by atoms with Crippen molar-refractivity contribution in [2.45, 2.75) is 44.2 Å². The van der Waals surface area contributed by atoms with Gasteiger partial charge in [0.15, 0.2) is 11.6 Å². The first kappa shape index (κ1) is 16.8. The topological polar surface area (TPSA) is 44.5 Å². The Hall–Kier alpha value is -2.07. The minimum Gasteiger partial charge on any atom is -0.496 e. The molecule has 24 heavy (non-hydrogen) atoms. The third-order valence-corrected chi connectivity index (χ3v) is 4.77. The molecule has 0 aromatic heterocycles. The van der Waals surface area contributed by atoms with Crippen molar-refractivity contribution >= 4 is 0 Å². The molecule has 0 unspecified atom stereocenters. The first-order chi connectivity index (χ1) is 11.6. The summed E-state index contributed by atoms with van der Waals surface area (Å²) in [5.41, 5.74) is 7.33. The Bertz CT molecular complexity index is 682. The second kappa shape index (κ2) is 7.22. The van der Waals surface area contributed by atoms with E-state index < -0.39 is 11.4 Å². The maximum Gasteiger partial charge on any atom is 0.173 e. The van der Waals surface area contributed by atoms with Crippen LogP contribution < -0.4 is 15.2 Å². The number of hydrogen-bond donors (Lipinski definition) is 1. The van der Waals surface area contributed by atoms with Crippen molar-refractivity contribution in [3.63, 3.8) is 0 Å². The van der Waals surface area contributed by atoms with Crippen LogP contribution in [0.5, 0.6) is 11.5 Å². The third-order valence-electron chi connectivity index (χ3n) is 4.77. The molecule has 1 aliphatic rings. The molecule has 2 N–H and O–H groups in total. The van der Waals surface area contributed by atoms with Crippen LogP contribution in [0.4, 0.5) is 4.39 Å². The number of rotatable bonds is 5. The molecule has 1 aliphatic carbocycles. The van der Waals surface area contributed by atoms with Gasteiger partial charge in [-0.25, -0.2) is 4.39 Å². The van der Waals surface area contributed by atoms with Crippen LogP contribution in [0.15, 0.2) is 42.5 Å². The number of benzene rings is 2. The molecule has 0 amide bonds. The van der Waals surface area contributed by atoms with Crippen LogP contribution >= 0.6 is 0 Å². The van der Waals surface area contributed by atoms with E-state index >= 15 is 4.39 Å². The molecule has 0 saturated heterocycles. The van der Waals surface area contributed by atoms with Gasteiger partial charge in [0, 0.05) is 5.54 Å². The van der Waals surface area contributed by atoms with E-state index in [0.717, 1.165) is 37.7 Å². The molecule has 128 valence electrons. The van der Waals surface area contributed by atoms with Gasteiger partial charge >= 0.3 is 0 Å². The minimum absolute atomic E-state index is 0.227. The Morgan fingerprint density at radius 2 is 1.67 bits per heavy atom. The molecular formula is C20H24FNO2.